The van der Waals surface area contributed by atoms with Crippen molar-refractivity contribution in [3.05, 3.63) is 113 Å². The van der Waals surface area contributed by atoms with Gasteiger partial charge in [0.15, 0.2) is 5.78 Å². The summed E-state index contributed by atoms with van der Waals surface area (Å²) in [5.41, 5.74) is 4.35. The smallest absolute Gasteiger partial charge is 0.185 e. The monoisotopic (exact) mass is 428 g/mol. The highest BCUT2D eigenvalue weighted by atomic mass is 79.9. The van der Waals surface area contributed by atoms with Gasteiger partial charge in [-0.3, -0.25) is 4.79 Å². The zero-order valence-corrected chi connectivity index (χ0v) is 16.6. The molecule has 0 atom stereocenters. The van der Waals surface area contributed by atoms with E-state index in [1.54, 1.807) is 6.08 Å². The Hall–Kier alpha value is -3.24. The Morgan fingerprint density at radius 2 is 1.50 bits per heavy atom. The maximum absolute atomic E-state index is 12.5. The number of nitrogens with zero attached hydrogens (tertiary/aromatic N) is 2. The van der Waals surface area contributed by atoms with Crippen LogP contribution in [0.15, 0.2) is 102 Å². The highest BCUT2D eigenvalue weighted by Gasteiger charge is 2.11. The van der Waals surface area contributed by atoms with Crippen molar-refractivity contribution in [2.75, 3.05) is 0 Å². The van der Waals surface area contributed by atoms with Gasteiger partial charge in [0.05, 0.1) is 11.4 Å². The molecule has 0 N–H and O–H groups in total. The van der Waals surface area contributed by atoms with E-state index in [2.05, 4.69) is 15.9 Å². The fraction of sp³-hybridized carbons (Fsp3) is 0. The van der Waals surface area contributed by atoms with Gasteiger partial charge in [-0.05, 0) is 48.6 Å². The summed E-state index contributed by atoms with van der Waals surface area (Å²) in [4.78, 5) is 12.5. The van der Waals surface area contributed by atoms with E-state index < -0.39 is 0 Å². The van der Waals surface area contributed by atoms with Gasteiger partial charge >= 0.3 is 0 Å². The number of halogens is 1. The Morgan fingerprint density at radius 1 is 0.857 bits per heavy atom. The van der Waals surface area contributed by atoms with E-state index in [0.29, 0.717) is 5.56 Å². The summed E-state index contributed by atoms with van der Waals surface area (Å²) in [6.07, 6.45) is 5.38. The molecule has 0 amide bonds. The topological polar surface area (TPSA) is 34.9 Å². The Balaban J connectivity index is 1.71. The van der Waals surface area contributed by atoms with Crippen LogP contribution < -0.4 is 0 Å². The van der Waals surface area contributed by atoms with Crippen molar-refractivity contribution in [2.24, 2.45) is 0 Å². The minimum absolute atomic E-state index is 0.0426. The summed E-state index contributed by atoms with van der Waals surface area (Å²) < 4.78 is 2.79. The highest BCUT2D eigenvalue weighted by Crippen LogP contribution is 2.25. The van der Waals surface area contributed by atoms with Gasteiger partial charge in [-0.2, -0.15) is 5.10 Å². The van der Waals surface area contributed by atoms with Crippen molar-refractivity contribution >= 4 is 27.8 Å². The molecule has 0 aliphatic rings. The number of aromatic nitrogens is 2. The second-order valence-electron chi connectivity index (χ2n) is 6.28. The van der Waals surface area contributed by atoms with Gasteiger partial charge in [0, 0.05) is 27.4 Å². The molecule has 0 bridgehead atoms. The standard InChI is InChI=1S/C24H17BrN2O/c25-21-14-11-18(12-15-21)23(28)16-13-20-17-27(22-9-5-2-6-10-22)26-24(20)19-7-3-1-4-8-19/h1-17H. The van der Waals surface area contributed by atoms with Crippen molar-refractivity contribution in [1.29, 1.82) is 0 Å². The SMILES string of the molecule is O=C(C=Cc1cn(-c2ccccc2)nc1-c1ccccc1)c1ccc(Br)cc1. The van der Waals surface area contributed by atoms with Crippen LogP contribution in [-0.2, 0) is 0 Å². The minimum atomic E-state index is -0.0426. The van der Waals surface area contributed by atoms with Crippen LogP contribution in [0, 0.1) is 0 Å². The van der Waals surface area contributed by atoms with Crippen LogP contribution in [0.3, 0.4) is 0 Å². The summed E-state index contributed by atoms with van der Waals surface area (Å²) in [6, 6.07) is 27.3. The van der Waals surface area contributed by atoms with Crippen LogP contribution in [0.5, 0.6) is 0 Å². The predicted molar refractivity (Wildman–Crippen MR) is 117 cm³/mol. The van der Waals surface area contributed by atoms with Gasteiger partial charge in [-0.15, -0.1) is 0 Å². The average molecular weight is 429 g/mol. The van der Waals surface area contributed by atoms with Crippen LogP contribution in [-0.4, -0.2) is 15.6 Å². The van der Waals surface area contributed by atoms with E-state index in [1.165, 1.54) is 0 Å². The molecule has 28 heavy (non-hydrogen) atoms. The van der Waals surface area contributed by atoms with E-state index in [0.717, 1.165) is 27.0 Å². The van der Waals surface area contributed by atoms with Crippen molar-refractivity contribution in [3.63, 3.8) is 0 Å². The summed E-state index contributed by atoms with van der Waals surface area (Å²) in [5.74, 6) is -0.0426. The first-order valence-electron chi connectivity index (χ1n) is 8.89. The second kappa shape index (κ2) is 8.19. The lowest BCUT2D eigenvalue weighted by atomic mass is 10.1. The van der Waals surface area contributed by atoms with Crippen LogP contribution >= 0.6 is 15.9 Å². The average Bonchev–Trinajstić information content (AvgIpc) is 3.18. The number of para-hydroxylation sites is 1. The van der Waals surface area contributed by atoms with Crippen molar-refractivity contribution < 1.29 is 4.79 Å². The molecular formula is C24H17BrN2O. The number of ketones is 1. The summed E-state index contributed by atoms with van der Waals surface area (Å²) >= 11 is 3.39. The molecular weight excluding hydrogens is 412 g/mol. The van der Waals surface area contributed by atoms with Gasteiger partial charge < -0.3 is 0 Å². The van der Waals surface area contributed by atoms with Gasteiger partial charge in [0.25, 0.3) is 0 Å². The van der Waals surface area contributed by atoms with E-state index in [-0.39, 0.29) is 5.78 Å². The quantitative estimate of drug-likeness (QED) is 0.280. The lowest BCUT2D eigenvalue weighted by Gasteiger charge is -2.00. The third-order valence-corrected chi connectivity index (χ3v) is 4.88. The molecule has 3 nitrogen and oxygen atoms in total. The molecule has 1 aromatic heterocycles. The third-order valence-electron chi connectivity index (χ3n) is 4.35. The highest BCUT2D eigenvalue weighted by molar-refractivity contribution is 9.10. The lowest BCUT2D eigenvalue weighted by molar-refractivity contribution is 0.104. The van der Waals surface area contributed by atoms with Crippen LogP contribution in [0.25, 0.3) is 23.0 Å². The Labute approximate surface area is 172 Å². The van der Waals surface area contributed by atoms with E-state index in [1.807, 2.05) is 102 Å². The lowest BCUT2D eigenvalue weighted by Crippen LogP contribution is -1.93. The molecule has 1 heterocycles. The molecule has 0 radical (unpaired) electrons. The molecule has 0 aliphatic heterocycles. The number of hydrogen-bond acceptors (Lipinski definition) is 2. The van der Waals surface area contributed by atoms with Gasteiger partial charge in [0.1, 0.15) is 0 Å². The summed E-state index contributed by atoms with van der Waals surface area (Å²) in [5, 5.41) is 4.76. The molecule has 3 aromatic carbocycles. The minimum Gasteiger partial charge on any atom is -0.289 e. The number of hydrogen-bond donors (Lipinski definition) is 0. The Morgan fingerprint density at radius 3 is 2.18 bits per heavy atom. The first-order valence-corrected chi connectivity index (χ1v) is 9.68. The van der Waals surface area contributed by atoms with E-state index in [9.17, 15) is 4.79 Å². The molecule has 4 heteroatoms. The van der Waals surface area contributed by atoms with Crippen molar-refractivity contribution in [3.8, 4) is 16.9 Å². The van der Waals surface area contributed by atoms with Crippen molar-refractivity contribution in [1.82, 2.24) is 9.78 Å². The molecule has 0 unspecified atom stereocenters. The number of rotatable bonds is 5. The summed E-state index contributed by atoms with van der Waals surface area (Å²) in [6.45, 7) is 0. The van der Waals surface area contributed by atoms with E-state index >= 15 is 0 Å². The molecule has 0 saturated heterocycles. The predicted octanol–water partition coefficient (Wildman–Crippen LogP) is 6.20. The molecule has 0 aliphatic carbocycles. The van der Waals surface area contributed by atoms with Crippen molar-refractivity contribution in [2.45, 2.75) is 0 Å². The number of carbonyl (C=O) groups is 1. The fourth-order valence-electron chi connectivity index (χ4n) is 2.92. The first kappa shape index (κ1) is 18.1. The molecule has 136 valence electrons. The largest absolute Gasteiger partial charge is 0.289 e. The third kappa shape index (κ3) is 4.02. The summed E-state index contributed by atoms with van der Waals surface area (Å²) in [7, 11) is 0. The van der Waals surface area contributed by atoms with Crippen LogP contribution in [0.1, 0.15) is 15.9 Å². The van der Waals surface area contributed by atoms with E-state index in [4.69, 9.17) is 5.10 Å². The maximum atomic E-state index is 12.5. The normalized spacial score (nSPS) is 11.0. The van der Waals surface area contributed by atoms with Gasteiger partial charge in [-0.1, -0.05) is 64.5 Å². The molecule has 4 aromatic rings. The molecule has 0 spiro atoms. The number of carbonyl (C=O) groups excluding carboxylic acids is 1. The van der Waals surface area contributed by atoms with Crippen LogP contribution in [0.4, 0.5) is 0 Å². The zero-order chi connectivity index (χ0) is 19.3. The zero-order valence-electron chi connectivity index (χ0n) is 15.0. The van der Waals surface area contributed by atoms with Gasteiger partial charge in [0.2, 0.25) is 0 Å². The molecule has 0 saturated carbocycles. The van der Waals surface area contributed by atoms with Gasteiger partial charge in [-0.25, -0.2) is 4.68 Å². The molecule has 0 fully saturated rings. The molecule has 4 rings (SSSR count). The second-order valence-corrected chi connectivity index (χ2v) is 7.20. The maximum Gasteiger partial charge on any atom is 0.185 e. The number of allylic oxidation sites excluding steroid dienone is 1. The Bertz CT molecular complexity index is 1110. The number of benzene rings is 3. The fourth-order valence-corrected chi connectivity index (χ4v) is 3.18. The first-order chi connectivity index (χ1) is 13.7. The van der Waals surface area contributed by atoms with Crippen LogP contribution in [0.2, 0.25) is 0 Å². The Kier molecular flexibility index (Phi) is 5.31.